The molecule has 0 radical (unpaired) electrons. The summed E-state index contributed by atoms with van der Waals surface area (Å²) in [4.78, 5) is 23.5. The van der Waals surface area contributed by atoms with E-state index in [2.05, 4.69) is 21.2 Å². The number of halogens is 1. The number of nitriles is 1. The van der Waals surface area contributed by atoms with Gasteiger partial charge < -0.3 is 19.3 Å². The molecule has 11 heteroatoms. The second-order valence-corrected chi connectivity index (χ2v) is 9.79. The Morgan fingerprint density at radius 1 is 1.08 bits per heavy atom. The highest BCUT2D eigenvalue weighted by molar-refractivity contribution is 9.10. The molecule has 3 aromatic rings. The number of carboxylic acids is 1. The highest BCUT2D eigenvalue weighted by atomic mass is 79.9. The SMILES string of the molecule is COc1cc(/C=C(\C#N)C(=O)Nc2ccc(C(=O)O)cc2)cc(Br)c1OS(=O)(=O)c1ccc(C)cc1. The number of nitrogens with one attached hydrogen (secondary N) is 1. The van der Waals surface area contributed by atoms with Gasteiger partial charge in [0, 0.05) is 5.69 Å². The van der Waals surface area contributed by atoms with Crippen molar-refractivity contribution in [3.8, 4) is 17.6 Å². The lowest BCUT2D eigenvalue weighted by Crippen LogP contribution is -2.13. The Labute approximate surface area is 215 Å². The summed E-state index contributed by atoms with van der Waals surface area (Å²) in [5.41, 5.74) is 1.33. The molecule has 9 nitrogen and oxygen atoms in total. The second-order valence-electron chi connectivity index (χ2n) is 7.39. The van der Waals surface area contributed by atoms with Crippen LogP contribution in [0.3, 0.4) is 0 Å². The van der Waals surface area contributed by atoms with E-state index >= 15 is 0 Å². The molecule has 0 aromatic heterocycles. The van der Waals surface area contributed by atoms with Gasteiger partial charge in [-0.25, -0.2) is 4.79 Å². The molecular formula is C25H19BrN2O7S. The molecular weight excluding hydrogens is 552 g/mol. The Kier molecular flexibility index (Phi) is 8.14. The number of hydrogen-bond donors (Lipinski definition) is 2. The number of methoxy groups -OCH3 is 1. The molecule has 0 saturated carbocycles. The summed E-state index contributed by atoms with van der Waals surface area (Å²) in [5.74, 6) is -1.88. The molecule has 2 N–H and O–H groups in total. The number of anilines is 1. The molecule has 0 fully saturated rings. The zero-order chi connectivity index (χ0) is 26.5. The smallest absolute Gasteiger partial charge is 0.339 e. The maximum absolute atomic E-state index is 12.7. The van der Waals surface area contributed by atoms with E-state index in [4.69, 9.17) is 14.0 Å². The van der Waals surface area contributed by atoms with E-state index in [0.717, 1.165) is 5.56 Å². The van der Waals surface area contributed by atoms with Crippen LogP contribution in [0.1, 0.15) is 21.5 Å². The minimum Gasteiger partial charge on any atom is -0.493 e. The number of benzene rings is 3. The van der Waals surface area contributed by atoms with Gasteiger partial charge in [0.05, 0.1) is 17.1 Å². The highest BCUT2D eigenvalue weighted by Gasteiger charge is 2.22. The Balaban J connectivity index is 1.87. The molecule has 1 amide bonds. The van der Waals surface area contributed by atoms with E-state index in [9.17, 15) is 23.3 Å². The van der Waals surface area contributed by atoms with Gasteiger partial charge in [-0.05, 0) is 83.0 Å². The molecule has 0 unspecified atom stereocenters. The van der Waals surface area contributed by atoms with Gasteiger partial charge in [0.2, 0.25) is 0 Å². The van der Waals surface area contributed by atoms with Crippen molar-refractivity contribution < 1.29 is 32.0 Å². The van der Waals surface area contributed by atoms with Gasteiger partial charge in [-0.2, -0.15) is 13.7 Å². The van der Waals surface area contributed by atoms with Crippen molar-refractivity contribution in [3.63, 3.8) is 0 Å². The summed E-state index contributed by atoms with van der Waals surface area (Å²) >= 11 is 3.27. The molecule has 0 aliphatic heterocycles. The average molecular weight is 571 g/mol. The first-order valence-corrected chi connectivity index (χ1v) is 12.4. The third-order valence-corrected chi connectivity index (χ3v) is 6.64. The van der Waals surface area contributed by atoms with Gasteiger partial charge in [-0.1, -0.05) is 17.7 Å². The van der Waals surface area contributed by atoms with Crippen molar-refractivity contribution in [1.29, 1.82) is 5.26 Å². The van der Waals surface area contributed by atoms with Crippen LogP contribution < -0.4 is 14.2 Å². The average Bonchev–Trinajstić information content (AvgIpc) is 2.84. The Bertz CT molecular complexity index is 1490. The lowest BCUT2D eigenvalue weighted by Gasteiger charge is -2.14. The number of carbonyl (C=O) groups is 2. The predicted octanol–water partition coefficient (Wildman–Crippen LogP) is 4.78. The number of carboxylic acid groups (broad SMARTS) is 1. The number of nitrogens with zero attached hydrogens (tertiary/aromatic N) is 1. The summed E-state index contributed by atoms with van der Waals surface area (Å²) in [6.45, 7) is 1.83. The third kappa shape index (κ3) is 6.29. The monoisotopic (exact) mass is 570 g/mol. The van der Waals surface area contributed by atoms with Gasteiger partial charge in [-0.3, -0.25) is 4.79 Å². The fourth-order valence-electron chi connectivity index (χ4n) is 2.98. The molecule has 0 bridgehead atoms. The zero-order valence-corrected chi connectivity index (χ0v) is 21.4. The first kappa shape index (κ1) is 26.5. The quantitative estimate of drug-likeness (QED) is 0.224. The van der Waals surface area contributed by atoms with E-state index in [1.165, 1.54) is 61.7 Å². The van der Waals surface area contributed by atoms with Gasteiger partial charge in [0.1, 0.15) is 16.5 Å². The largest absolute Gasteiger partial charge is 0.493 e. The molecule has 184 valence electrons. The van der Waals surface area contributed by atoms with E-state index in [1.54, 1.807) is 12.1 Å². The maximum atomic E-state index is 12.7. The van der Waals surface area contributed by atoms with Crippen LogP contribution in [-0.2, 0) is 14.9 Å². The predicted molar refractivity (Wildman–Crippen MR) is 135 cm³/mol. The van der Waals surface area contributed by atoms with Gasteiger partial charge in [0.15, 0.2) is 11.5 Å². The Hall–Kier alpha value is -4.14. The van der Waals surface area contributed by atoms with E-state index in [1.807, 2.05) is 13.0 Å². The van der Waals surface area contributed by atoms with E-state index in [0.29, 0.717) is 11.3 Å². The first-order chi connectivity index (χ1) is 17.0. The zero-order valence-electron chi connectivity index (χ0n) is 19.0. The topological polar surface area (TPSA) is 143 Å². The minimum absolute atomic E-state index is 0.0362. The lowest BCUT2D eigenvalue weighted by molar-refractivity contribution is -0.112. The van der Waals surface area contributed by atoms with Crippen LogP contribution in [0.5, 0.6) is 11.5 Å². The molecule has 0 saturated heterocycles. The Morgan fingerprint density at radius 2 is 1.72 bits per heavy atom. The van der Waals surface area contributed by atoms with Crippen molar-refractivity contribution in [1.82, 2.24) is 0 Å². The number of amides is 1. The highest BCUT2D eigenvalue weighted by Crippen LogP contribution is 2.39. The standard InChI is InChI=1S/C25H19BrN2O7S/c1-15-3-9-20(10-4-15)36(32,33)35-23-21(26)12-16(13-22(23)34-2)11-18(14-27)24(29)28-19-7-5-17(6-8-19)25(30)31/h3-13H,1-2H3,(H,28,29)(H,30,31)/b18-11+. The van der Waals surface area contributed by atoms with Crippen molar-refractivity contribution in [2.24, 2.45) is 0 Å². The van der Waals surface area contributed by atoms with Crippen molar-refractivity contribution in [2.75, 3.05) is 12.4 Å². The van der Waals surface area contributed by atoms with E-state index in [-0.39, 0.29) is 32.0 Å². The summed E-state index contributed by atoms with van der Waals surface area (Å²) in [7, 11) is -2.84. The van der Waals surface area contributed by atoms with Crippen LogP contribution in [0.25, 0.3) is 6.08 Å². The number of hydrogen-bond acceptors (Lipinski definition) is 7. The molecule has 0 spiro atoms. The molecule has 3 aromatic carbocycles. The molecule has 0 aliphatic rings. The van der Waals surface area contributed by atoms with Crippen molar-refractivity contribution in [2.45, 2.75) is 11.8 Å². The number of aromatic carboxylic acids is 1. The fraction of sp³-hybridized carbons (Fsp3) is 0.0800. The first-order valence-electron chi connectivity index (χ1n) is 10.2. The van der Waals surface area contributed by atoms with Crippen LogP contribution in [0.15, 0.2) is 75.6 Å². The van der Waals surface area contributed by atoms with Crippen LogP contribution in [0.2, 0.25) is 0 Å². The molecule has 36 heavy (non-hydrogen) atoms. The molecule has 0 aliphatic carbocycles. The number of ether oxygens (including phenoxy) is 1. The fourth-order valence-corrected chi connectivity index (χ4v) is 4.58. The molecule has 0 atom stereocenters. The number of carbonyl (C=O) groups excluding carboxylic acids is 1. The van der Waals surface area contributed by atoms with Crippen LogP contribution in [0, 0.1) is 18.3 Å². The summed E-state index contributed by atoms with van der Waals surface area (Å²) in [5, 5.41) is 21.0. The third-order valence-electron chi connectivity index (χ3n) is 4.82. The number of rotatable bonds is 8. The molecule has 0 heterocycles. The van der Waals surface area contributed by atoms with Crippen molar-refractivity contribution >= 4 is 49.7 Å². The summed E-state index contributed by atoms with van der Waals surface area (Å²) in [6.07, 6.45) is 1.28. The molecule has 3 rings (SSSR count). The van der Waals surface area contributed by atoms with Gasteiger partial charge in [-0.15, -0.1) is 0 Å². The Morgan fingerprint density at radius 3 is 2.28 bits per heavy atom. The van der Waals surface area contributed by atoms with Crippen molar-refractivity contribution in [3.05, 3.63) is 87.4 Å². The summed E-state index contributed by atoms with van der Waals surface area (Å²) in [6, 6.07) is 16.3. The maximum Gasteiger partial charge on any atom is 0.339 e. The van der Waals surface area contributed by atoms with E-state index < -0.39 is 22.0 Å². The van der Waals surface area contributed by atoms with Crippen LogP contribution in [-0.4, -0.2) is 32.5 Å². The summed E-state index contributed by atoms with van der Waals surface area (Å²) < 4.78 is 36.3. The van der Waals surface area contributed by atoms with Crippen LogP contribution >= 0.6 is 15.9 Å². The number of aryl methyl sites for hydroxylation is 1. The van der Waals surface area contributed by atoms with Gasteiger partial charge >= 0.3 is 16.1 Å². The minimum atomic E-state index is -4.16. The normalized spacial score (nSPS) is 11.3. The van der Waals surface area contributed by atoms with Gasteiger partial charge in [0.25, 0.3) is 5.91 Å². The van der Waals surface area contributed by atoms with Crippen LogP contribution in [0.4, 0.5) is 5.69 Å². The lowest BCUT2D eigenvalue weighted by atomic mass is 10.1. The second kappa shape index (κ2) is 11.1.